The smallest absolute Gasteiger partial charge is 0.244 e. The molecule has 0 aliphatic carbocycles. The number of piperidine rings is 1. The van der Waals surface area contributed by atoms with Crippen molar-refractivity contribution in [2.45, 2.75) is 36.6 Å². The molecule has 0 saturated carbocycles. The molecule has 2 fully saturated rings. The van der Waals surface area contributed by atoms with Gasteiger partial charge in [-0.2, -0.15) is 9.57 Å². The predicted octanol–water partition coefficient (Wildman–Crippen LogP) is 1.99. The molecule has 2 aliphatic rings. The minimum Gasteiger partial charge on any atom is -0.340 e. The molecule has 2 saturated heterocycles. The van der Waals surface area contributed by atoms with Crippen molar-refractivity contribution in [2.24, 2.45) is 0 Å². The highest BCUT2D eigenvalue weighted by molar-refractivity contribution is 7.89. The van der Waals surface area contributed by atoms with Crippen molar-refractivity contribution < 1.29 is 13.2 Å². The summed E-state index contributed by atoms with van der Waals surface area (Å²) in [6.45, 7) is 1.45. The molecule has 0 aromatic heterocycles. The quantitative estimate of drug-likeness (QED) is 0.818. The Labute approximate surface area is 146 Å². The van der Waals surface area contributed by atoms with Crippen LogP contribution in [0.5, 0.6) is 0 Å². The van der Waals surface area contributed by atoms with E-state index in [-0.39, 0.29) is 27.4 Å². The summed E-state index contributed by atoms with van der Waals surface area (Å²) in [5.74, 6) is 0.165. The van der Waals surface area contributed by atoms with Gasteiger partial charge in [0.1, 0.15) is 11.0 Å². The summed E-state index contributed by atoms with van der Waals surface area (Å²) in [5, 5.41) is 9.35. The van der Waals surface area contributed by atoms with E-state index < -0.39 is 10.0 Å². The molecule has 128 valence electrons. The van der Waals surface area contributed by atoms with Gasteiger partial charge in [-0.05, 0) is 31.4 Å². The number of rotatable bonds is 3. The maximum absolute atomic E-state index is 12.8. The van der Waals surface area contributed by atoms with Crippen LogP contribution in [0.1, 0.15) is 31.2 Å². The van der Waals surface area contributed by atoms with Crippen molar-refractivity contribution in [1.82, 2.24) is 9.21 Å². The van der Waals surface area contributed by atoms with Crippen molar-refractivity contribution in [3.63, 3.8) is 0 Å². The lowest BCUT2D eigenvalue weighted by Crippen LogP contribution is -2.47. The first-order chi connectivity index (χ1) is 11.4. The molecular weight excluding hydrogens is 350 g/mol. The van der Waals surface area contributed by atoms with Crippen LogP contribution >= 0.6 is 11.6 Å². The molecular formula is C16H18ClN3O3S. The summed E-state index contributed by atoms with van der Waals surface area (Å²) in [4.78, 5) is 13.7. The highest BCUT2D eigenvalue weighted by atomic mass is 35.5. The average molecular weight is 368 g/mol. The molecule has 0 spiro atoms. The summed E-state index contributed by atoms with van der Waals surface area (Å²) < 4.78 is 27.1. The van der Waals surface area contributed by atoms with Crippen molar-refractivity contribution in [3.05, 3.63) is 28.8 Å². The highest BCUT2D eigenvalue weighted by Gasteiger charge is 2.35. The number of carbonyl (C=O) groups is 1. The molecule has 0 radical (unpaired) electrons. The summed E-state index contributed by atoms with van der Waals surface area (Å²) in [7, 11) is -3.76. The van der Waals surface area contributed by atoms with Crippen molar-refractivity contribution in [2.75, 3.05) is 19.6 Å². The van der Waals surface area contributed by atoms with E-state index in [2.05, 4.69) is 0 Å². The van der Waals surface area contributed by atoms with Crippen LogP contribution in [0.4, 0.5) is 0 Å². The lowest BCUT2D eigenvalue weighted by atomic mass is 10.1. The van der Waals surface area contributed by atoms with E-state index in [1.54, 1.807) is 0 Å². The van der Waals surface area contributed by atoms with E-state index >= 15 is 0 Å². The van der Waals surface area contributed by atoms with Gasteiger partial charge in [0.2, 0.25) is 15.9 Å². The third-order valence-electron chi connectivity index (χ3n) is 4.68. The molecule has 3 rings (SSSR count). The van der Waals surface area contributed by atoms with Gasteiger partial charge in [-0.1, -0.05) is 17.7 Å². The molecule has 2 heterocycles. The fourth-order valence-corrected chi connectivity index (χ4v) is 5.32. The molecule has 1 aromatic carbocycles. The fraction of sp³-hybridized carbons (Fsp3) is 0.500. The van der Waals surface area contributed by atoms with E-state index in [1.807, 2.05) is 11.0 Å². The molecule has 1 amide bonds. The monoisotopic (exact) mass is 367 g/mol. The number of halogens is 1. The van der Waals surface area contributed by atoms with E-state index in [0.717, 1.165) is 13.0 Å². The number of hydrogen-bond acceptors (Lipinski definition) is 4. The summed E-state index contributed by atoms with van der Waals surface area (Å²) in [5.41, 5.74) is -0.0176. The third kappa shape index (κ3) is 3.02. The van der Waals surface area contributed by atoms with Gasteiger partial charge in [-0.15, -0.1) is 0 Å². The van der Waals surface area contributed by atoms with E-state index in [1.165, 1.54) is 22.5 Å². The first-order valence-electron chi connectivity index (χ1n) is 7.93. The zero-order valence-electron chi connectivity index (χ0n) is 13.1. The molecule has 0 atom stereocenters. The van der Waals surface area contributed by atoms with Crippen LogP contribution in [0.15, 0.2) is 23.1 Å². The van der Waals surface area contributed by atoms with Crippen LogP contribution in [0.25, 0.3) is 0 Å². The van der Waals surface area contributed by atoms with Crippen LogP contribution in [0, 0.1) is 11.3 Å². The number of sulfonamides is 1. The van der Waals surface area contributed by atoms with Crippen molar-refractivity contribution in [1.29, 1.82) is 5.26 Å². The Morgan fingerprint density at radius 3 is 2.50 bits per heavy atom. The first-order valence-corrected chi connectivity index (χ1v) is 9.75. The van der Waals surface area contributed by atoms with Gasteiger partial charge in [-0.25, -0.2) is 8.42 Å². The standard InChI is InChI=1S/C16H18ClN3O3S/c17-14-3-1-4-15(13(14)11-18)24(22,23)19-9-6-12(7-10-19)20-8-2-5-16(20)21/h1,3-4,12H,2,5-10H2. The Bertz CT molecular complexity index is 795. The van der Waals surface area contributed by atoms with Crippen LogP contribution in [0.3, 0.4) is 0 Å². The van der Waals surface area contributed by atoms with Gasteiger partial charge in [0.15, 0.2) is 0 Å². The fourth-order valence-electron chi connectivity index (χ4n) is 3.42. The molecule has 1 aromatic rings. The first kappa shape index (κ1) is 17.2. The van der Waals surface area contributed by atoms with E-state index in [4.69, 9.17) is 11.6 Å². The second-order valence-electron chi connectivity index (χ2n) is 6.05. The van der Waals surface area contributed by atoms with Gasteiger partial charge in [0, 0.05) is 32.1 Å². The number of benzene rings is 1. The normalized spacial score (nSPS) is 20.3. The van der Waals surface area contributed by atoms with Crippen LogP contribution in [-0.4, -0.2) is 49.2 Å². The lowest BCUT2D eigenvalue weighted by Gasteiger charge is -2.36. The molecule has 2 aliphatic heterocycles. The predicted molar refractivity (Wildman–Crippen MR) is 88.9 cm³/mol. The average Bonchev–Trinajstić information content (AvgIpc) is 3.00. The molecule has 0 bridgehead atoms. The minimum absolute atomic E-state index is 0.0176. The largest absolute Gasteiger partial charge is 0.340 e. The van der Waals surface area contributed by atoms with Crippen molar-refractivity contribution >= 4 is 27.5 Å². The Hall–Kier alpha value is -1.62. The SMILES string of the molecule is N#Cc1c(Cl)cccc1S(=O)(=O)N1CCC(N2CCCC2=O)CC1. The van der Waals surface area contributed by atoms with Gasteiger partial charge in [0.05, 0.1) is 10.6 Å². The molecule has 6 nitrogen and oxygen atoms in total. The maximum Gasteiger partial charge on any atom is 0.244 e. The topological polar surface area (TPSA) is 81.5 Å². The van der Waals surface area contributed by atoms with Gasteiger partial charge >= 0.3 is 0 Å². The summed E-state index contributed by atoms with van der Waals surface area (Å²) in [6.07, 6.45) is 2.71. The number of likely N-dealkylation sites (tertiary alicyclic amines) is 1. The zero-order chi connectivity index (χ0) is 17.3. The third-order valence-corrected chi connectivity index (χ3v) is 6.94. The van der Waals surface area contributed by atoms with Crippen molar-refractivity contribution in [3.8, 4) is 6.07 Å². The lowest BCUT2D eigenvalue weighted by molar-refractivity contribution is -0.130. The second-order valence-corrected chi connectivity index (χ2v) is 8.36. The highest BCUT2D eigenvalue weighted by Crippen LogP contribution is 2.29. The zero-order valence-corrected chi connectivity index (χ0v) is 14.7. The number of carbonyl (C=O) groups excluding carboxylic acids is 1. The van der Waals surface area contributed by atoms with E-state index in [0.29, 0.717) is 32.4 Å². The Morgan fingerprint density at radius 1 is 1.21 bits per heavy atom. The summed E-state index contributed by atoms with van der Waals surface area (Å²) in [6, 6.07) is 6.44. The summed E-state index contributed by atoms with van der Waals surface area (Å²) >= 11 is 5.95. The Morgan fingerprint density at radius 2 is 1.92 bits per heavy atom. The Kier molecular flexibility index (Phi) is 4.81. The minimum atomic E-state index is -3.76. The molecule has 0 unspecified atom stereocenters. The molecule has 8 heteroatoms. The number of hydrogen-bond donors (Lipinski definition) is 0. The van der Waals surface area contributed by atoms with Crippen LogP contribution < -0.4 is 0 Å². The number of nitrogens with zero attached hydrogens (tertiary/aromatic N) is 3. The molecule has 24 heavy (non-hydrogen) atoms. The number of nitriles is 1. The van der Waals surface area contributed by atoms with Crippen LogP contribution in [-0.2, 0) is 14.8 Å². The van der Waals surface area contributed by atoms with Gasteiger partial charge in [0.25, 0.3) is 0 Å². The van der Waals surface area contributed by atoms with Crippen LogP contribution in [0.2, 0.25) is 5.02 Å². The molecule has 0 N–H and O–H groups in total. The van der Waals surface area contributed by atoms with Gasteiger partial charge in [-0.3, -0.25) is 4.79 Å². The Balaban J connectivity index is 1.77. The van der Waals surface area contributed by atoms with E-state index in [9.17, 15) is 18.5 Å². The number of amides is 1. The van der Waals surface area contributed by atoms with Gasteiger partial charge < -0.3 is 4.90 Å². The maximum atomic E-state index is 12.8. The second kappa shape index (κ2) is 6.71.